The first-order chi connectivity index (χ1) is 7.08. The van der Waals surface area contributed by atoms with Crippen molar-refractivity contribution in [3.63, 3.8) is 0 Å². The van der Waals surface area contributed by atoms with Gasteiger partial charge in [0, 0.05) is 22.6 Å². The van der Waals surface area contributed by atoms with E-state index in [2.05, 4.69) is 0 Å². The normalized spacial score (nSPS) is 21.1. The third kappa shape index (κ3) is 2.12. The largest absolute Gasteiger partial charge is 0.326 e. The topological polar surface area (TPSA) is 46.3 Å². The standard InChI is InChI=1S/C10H10FIN2O/c11-6-1-2-9(8(12)3-6)14-5-7(13)4-10(14)15/h1-3,7H,4-5,13H2. The molecule has 0 saturated carbocycles. The van der Waals surface area contributed by atoms with Crippen LogP contribution in [0.15, 0.2) is 18.2 Å². The summed E-state index contributed by atoms with van der Waals surface area (Å²) in [5.74, 6) is -0.286. The van der Waals surface area contributed by atoms with Gasteiger partial charge in [-0.15, -0.1) is 0 Å². The van der Waals surface area contributed by atoms with Crippen molar-refractivity contribution in [1.82, 2.24) is 0 Å². The van der Waals surface area contributed by atoms with Crippen LogP contribution in [0.3, 0.4) is 0 Å². The number of nitrogens with two attached hydrogens (primary N) is 1. The summed E-state index contributed by atoms with van der Waals surface area (Å²) in [4.78, 5) is 13.2. The van der Waals surface area contributed by atoms with Gasteiger partial charge >= 0.3 is 0 Å². The fraction of sp³-hybridized carbons (Fsp3) is 0.300. The second-order valence-electron chi connectivity index (χ2n) is 3.56. The van der Waals surface area contributed by atoms with Gasteiger partial charge in [0.15, 0.2) is 0 Å². The molecule has 1 aromatic rings. The second-order valence-corrected chi connectivity index (χ2v) is 4.73. The Morgan fingerprint density at radius 3 is 2.80 bits per heavy atom. The van der Waals surface area contributed by atoms with Crippen molar-refractivity contribution < 1.29 is 9.18 Å². The van der Waals surface area contributed by atoms with Gasteiger partial charge in [-0.2, -0.15) is 0 Å². The summed E-state index contributed by atoms with van der Waals surface area (Å²) in [5, 5.41) is 0. The molecule has 1 heterocycles. The number of nitrogens with zero attached hydrogens (tertiary/aromatic N) is 1. The number of anilines is 1. The summed E-state index contributed by atoms with van der Waals surface area (Å²) in [6, 6.07) is 4.27. The molecule has 1 fully saturated rings. The van der Waals surface area contributed by atoms with Gasteiger partial charge in [-0.1, -0.05) is 0 Å². The Kier molecular flexibility index (Phi) is 2.92. The Labute approximate surface area is 101 Å². The lowest BCUT2D eigenvalue weighted by Crippen LogP contribution is -2.28. The monoisotopic (exact) mass is 320 g/mol. The van der Waals surface area contributed by atoms with E-state index in [-0.39, 0.29) is 17.8 Å². The van der Waals surface area contributed by atoms with E-state index in [0.717, 1.165) is 9.26 Å². The minimum Gasteiger partial charge on any atom is -0.326 e. The highest BCUT2D eigenvalue weighted by molar-refractivity contribution is 14.1. The fourth-order valence-electron chi connectivity index (χ4n) is 1.67. The van der Waals surface area contributed by atoms with Crippen LogP contribution in [0.4, 0.5) is 10.1 Å². The Balaban J connectivity index is 2.34. The minimum atomic E-state index is -0.293. The van der Waals surface area contributed by atoms with Gasteiger partial charge in [0.2, 0.25) is 5.91 Å². The van der Waals surface area contributed by atoms with Crippen LogP contribution in [0.5, 0.6) is 0 Å². The highest BCUT2D eigenvalue weighted by atomic mass is 127. The zero-order valence-corrected chi connectivity index (χ0v) is 10.1. The lowest BCUT2D eigenvalue weighted by molar-refractivity contribution is -0.117. The Morgan fingerprint density at radius 1 is 1.53 bits per heavy atom. The van der Waals surface area contributed by atoms with E-state index in [9.17, 15) is 9.18 Å². The van der Waals surface area contributed by atoms with E-state index >= 15 is 0 Å². The van der Waals surface area contributed by atoms with Crippen molar-refractivity contribution in [2.24, 2.45) is 5.73 Å². The molecule has 0 spiro atoms. The molecule has 1 unspecified atom stereocenters. The first-order valence-electron chi connectivity index (χ1n) is 4.59. The molecule has 0 aliphatic carbocycles. The minimum absolute atomic E-state index is 0.00650. The summed E-state index contributed by atoms with van der Waals surface area (Å²) in [7, 11) is 0. The molecule has 1 atom stereocenters. The van der Waals surface area contributed by atoms with Gasteiger partial charge in [-0.3, -0.25) is 4.79 Å². The Bertz CT molecular complexity index is 410. The maximum absolute atomic E-state index is 12.9. The van der Waals surface area contributed by atoms with Crippen LogP contribution in [0.1, 0.15) is 6.42 Å². The molecule has 2 N–H and O–H groups in total. The van der Waals surface area contributed by atoms with Gasteiger partial charge in [0.25, 0.3) is 0 Å². The van der Waals surface area contributed by atoms with Crippen LogP contribution in [0, 0.1) is 9.39 Å². The SMILES string of the molecule is NC1CC(=O)N(c2ccc(F)cc2I)C1. The van der Waals surface area contributed by atoms with Gasteiger partial charge in [-0.05, 0) is 40.8 Å². The maximum atomic E-state index is 12.9. The Hall–Kier alpha value is -0.690. The van der Waals surface area contributed by atoms with E-state index in [4.69, 9.17) is 5.73 Å². The number of benzene rings is 1. The molecule has 1 saturated heterocycles. The van der Waals surface area contributed by atoms with Crippen LogP contribution < -0.4 is 10.6 Å². The number of halogens is 2. The molecule has 1 aliphatic rings. The van der Waals surface area contributed by atoms with Crippen molar-refractivity contribution in [2.75, 3.05) is 11.4 Å². The number of hydrogen-bond donors (Lipinski definition) is 1. The van der Waals surface area contributed by atoms with Crippen molar-refractivity contribution in [3.8, 4) is 0 Å². The molecule has 1 amide bonds. The predicted octanol–water partition coefficient (Wildman–Crippen LogP) is 1.49. The Morgan fingerprint density at radius 2 is 2.27 bits per heavy atom. The molecular weight excluding hydrogens is 310 g/mol. The quantitative estimate of drug-likeness (QED) is 0.797. The van der Waals surface area contributed by atoms with Crippen molar-refractivity contribution >= 4 is 34.2 Å². The number of hydrogen-bond acceptors (Lipinski definition) is 2. The molecule has 0 aromatic heterocycles. The van der Waals surface area contributed by atoms with Crippen LogP contribution in [0.25, 0.3) is 0 Å². The smallest absolute Gasteiger partial charge is 0.228 e. The molecule has 80 valence electrons. The van der Waals surface area contributed by atoms with E-state index in [0.29, 0.717) is 13.0 Å². The molecule has 5 heteroatoms. The summed E-state index contributed by atoms with van der Waals surface area (Å²) in [6.07, 6.45) is 0.369. The lowest BCUT2D eigenvalue weighted by Gasteiger charge is -2.17. The van der Waals surface area contributed by atoms with Gasteiger partial charge < -0.3 is 10.6 Å². The van der Waals surface area contributed by atoms with Crippen molar-refractivity contribution in [1.29, 1.82) is 0 Å². The zero-order valence-electron chi connectivity index (χ0n) is 7.91. The third-order valence-electron chi connectivity index (χ3n) is 2.36. The summed E-state index contributed by atoms with van der Waals surface area (Å²) in [6.45, 7) is 0.514. The molecule has 15 heavy (non-hydrogen) atoms. The number of carbonyl (C=O) groups is 1. The summed E-state index contributed by atoms with van der Waals surface area (Å²) in [5.41, 5.74) is 6.44. The first kappa shape index (κ1) is 10.8. The molecule has 0 radical (unpaired) electrons. The fourth-order valence-corrected chi connectivity index (χ4v) is 2.44. The molecule has 1 aliphatic heterocycles. The number of rotatable bonds is 1. The predicted molar refractivity (Wildman–Crippen MR) is 64.1 cm³/mol. The molecular formula is C10H10FIN2O. The zero-order chi connectivity index (χ0) is 11.0. The van der Waals surface area contributed by atoms with E-state index < -0.39 is 0 Å². The van der Waals surface area contributed by atoms with E-state index in [1.54, 1.807) is 11.0 Å². The van der Waals surface area contributed by atoms with Crippen molar-refractivity contribution in [2.45, 2.75) is 12.5 Å². The van der Waals surface area contributed by atoms with Crippen LogP contribution in [0.2, 0.25) is 0 Å². The summed E-state index contributed by atoms with van der Waals surface area (Å²) < 4.78 is 13.6. The highest BCUT2D eigenvalue weighted by Gasteiger charge is 2.29. The van der Waals surface area contributed by atoms with Crippen LogP contribution in [-0.4, -0.2) is 18.5 Å². The van der Waals surface area contributed by atoms with Gasteiger partial charge in [0.05, 0.1) is 5.69 Å². The van der Waals surface area contributed by atoms with Crippen LogP contribution in [-0.2, 0) is 4.79 Å². The van der Waals surface area contributed by atoms with E-state index in [1.165, 1.54) is 12.1 Å². The second kappa shape index (κ2) is 4.05. The van der Waals surface area contributed by atoms with Gasteiger partial charge in [-0.25, -0.2) is 4.39 Å². The van der Waals surface area contributed by atoms with Crippen molar-refractivity contribution in [3.05, 3.63) is 27.6 Å². The lowest BCUT2D eigenvalue weighted by atomic mass is 10.3. The average molecular weight is 320 g/mol. The average Bonchev–Trinajstić information content (AvgIpc) is 2.45. The summed E-state index contributed by atoms with van der Waals surface area (Å²) >= 11 is 2.02. The molecule has 3 nitrogen and oxygen atoms in total. The molecule has 2 rings (SSSR count). The maximum Gasteiger partial charge on any atom is 0.228 e. The number of amides is 1. The molecule has 1 aromatic carbocycles. The first-order valence-corrected chi connectivity index (χ1v) is 5.67. The van der Waals surface area contributed by atoms with Gasteiger partial charge in [0.1, 0.15) is 5.82 Å². The van der Waals surface area contributed by atoms with E-state index in [1.807, 2.05) is 22.6 Å². The van der Waals surface area contributed by atoms with Crippen LogP contribution >= 0.6 is 22.6 Å². The molecule has 0 bridgehead atoms. The highest BCUT2D eigenvalue weighted by Crippen LogP contribution is 2.26. The third-order valence-corrected chi connectivity index (χ3v) is 3.22. The number of carbonyl (C=O) groups excluding carboxylic acids is 1.